The van der Waals surface area contributed by atoms with Crippen molar-refractivity contribution in [3.05, 3.63) is 65.5 Å². The molecule has 128 valence electrons. The van der Waals surface area contributed by atoms with Crippen LogP contribution >= 0.6 is 0 Å². The number of urea groups is 1. The van der Waals surface area contributed by atoms with Crippen molar-refractivity contribution in [2.24, 2.45) is 5.10 Å². The summed E-state index contributed by atoms with van der Waals surface area (Å²) in [6, 6.07) is 6.46. The molecule has 0 bridgehead atoms. The van der Waals surface area contributed by atoms with Crippen molar-refractivity contribution in [3.63, 3.8) is 0 Å². The standard InChI is InChI=1S/C18H16F2N4O/c19-15-6-13(7-16(20)8-15)17-3-5-22-24(17)18(25)23-10-14(11-23)12-2-1-4-21-9-12/h1-2,4-9,14,17H,3,10-11H2/t17-/m0/s1. The third kappa shape index (κ3) is 2.97. The van der Waals surface area contributed by atoms with E-state index in [2.05, 4.69) is 10.1 Å². The largest absolute Gasteiger partial charge is 0.341 e. The number of carbonyl (C=O) groups excluding carboxylic acids is 1. The zero-order chi connectivity index (χ0) is 17.4. The molecule has 0 radical (unpaired) electrons. The van der Waals surface area contributed by atoms with Crippen LogP contribution in [0.1, 0.15) is 29.5 Å². The Bertz CT molecular complexity index is 801. The van der Waals surface area contributed by atoms with Gasteiger partial charge in [0.1, 0.15) is 11.6 Å². The average molecular weight is 342 g/mol. The molecular weight excluding hydrogens is 326 g/mol. The van der Waals surface area contributed by atoms with Crippen LogP contribution in [0.4, 0.5) is 13.6 Å². The number of hydrogen-bond acceptors (Lipinski definition) is 3. The van der Waals surface area contributed by atoms with E-state index >= 15 is 0 Å². The molecule has 1 aromatic carbocycles. The number of hydrazone groups is 1. The van der Waals surface area contributed by atoms with Gasteiger partial charge in [-0.3, -0.25) is 4.98 Å². The predicted molar refractivity (Wildman–Crippen MR) is 88.0 cm³/mol. The molecule has 2 amide bonds. The second-order valence-corrected chi connectivity index (χ2v) is 6.27. The summed E-state index contributed by atoms with van der Waals surface area (Å²) in [5.41, 5.74) is 1.51. The number of amides is 2. The van der Waals surface area contributed by atoms with Crippen LogP contribution in [0.5, 0.6) is 0 Å². The fourth-order valence-electron chi connectivity index (χ4n) is 3.25. The fourth-order valence-corrected chi connectivity index (χ4v) is 3.25. The van der Waals surface area contributed by atoms with Crippen molar-refractivity contribution in [2.75, 3.05) is 13.1 Å². The molecule has 7 heteroatoms. The molecule has 0 saturated carbocycles. The van der Waals surface area contributed by atoms with E-state index in [4.69, 9.17) is 0 Å². The Balaban J connectivity index is 1.46. The monoisotopic (exact) mass is 342 g/mol. The molecule has 1 atom stereocenters. The summed E-state index contributed by atoms with van der Waals surface area (Å²) in [6.45, 7) is 1.17. The molecule has 2 aromatic rings. The molecule has 3 heterocycles. The lowest BCUT2D eigenvalue weighted by Crippen LogP contribution is -2.52. The van der Waals surface area contributed by atoms with Gasteiger partial charge in [-0.2, -0.15) is 5.10 Å². The van der Waals surface area contributed by atoms with Crippen molar-refractivity contribution < 1.29 is 13.6 Å². The molecule has 1 fully saturated rings. The van der Waals surface area contributed by atoms with Gasteiger partial charge in [-0.25, -0.2) is 18.6 Å². The first-order valence-corrected chi connectivity index (χ1v) is 8.08. The summed E-state index contributed by atoms with van der Waals surface area (Å²) in [4.78, 5) is 18.5. The smallest absolute Gasteiger partial charge is 0.322 e. The van der Waals surface area contributed by atoms with Crippen molar-refractivity contribution in [2.45, 2.75) is 18.4 Å². The summed E-state index contributed by atoms with van der Waals surface area (Å²) in [7, 11) is 0. The lowest BCUT2D eigenvalue weighted by molar-refractivity contribution is 0.105. The number of hydrogen-bond donors (Lipinski definition) is 0. The van der Waals surface area contributed by atoms with Gasteiger partial charge in [0.25, 0.3) is 0 Å². The van der Waals surface area contributed by atoms with Crippen LogP contribution in [-0.2, 0) is 0 Å². The van der Waals surface area contributed by atoms with Gasteiger partial charge >= 0.3 is 6.03 Å². The fraction of sp³-hybridized carbons (Fsp3) is 0.278. The van der Waals surface area contributed by atoms with E-state index in [1.165, 1.54) is 17.1 Å². The van der Waals surface area contributed by atoms with E-state index in [1.807, 2.05) is 12.1 Å². The molecule has 2 aliphatic rings. The molecule has 1 aromatic heterocycles. The summed E-state index contributed by atoms with van der Waals surface area (Å²) >= 11 is 0. The van der Waals surface area contributed by atoms with Gasteiger partial charge < -0.3 is 4.90 Å². The Labute approximate surface area is 143 Å². The summed E-state index contributed by atoms with van der Waals surface area (Å²) in [5, 5.41) is 5.43. The second-order valence-electron chi connectivity index (χ2n) is 6.27. The van der Waals surface area contributed by atoms with Gasteiger partial charge in [0, 0.05) is 50.1 Å². The number of aromatic nitrogens is 1. The van der Waals surface area contributed by atoms with Gasteiger partial charge in [0.15, 0.2) is 0 Å². The average Bonchev–Trinajstić information content (AvgIpc) is 3.03. The summed E-state index contributed by atoms with van der Waals surface area (Å²) < 4.78 is 27.0. The number of rotatable bonds is 2. The Kier molecular flexibility index (Phi) is 3.91. The molecule has 2 aliphatic heterocycles. The van der Waals surface area contributed by atoms with Crippen LogP contribution in [-0.4, -0.2) is 40.2 Å². The SMILES string of the molecule is O=C(N1CC(c2cccnc2)C1)N1N=CC[C@H]1c1cc(F)cc(F)c1. The molecule has 25 heavy (non-hydrogen) atoms. The van der Waals surface area contributed by atoms with Gasteiger partial charge in [0.2, 0.25) is 0 Å². The highest BCUT2D eigenvalue weighted by molar-refractivity contribution is 5.79. The first-order chi connectivity index (χ1) is 12.1. The Morgan fingerprint density at radius 2 is 1.88 bits per heavy atom. The van der Waals surface area contributed by atoms with Crippen molar-refractivity contribution in [3.8, 4) is 0 Å². The van der Waals surface area contributed by atoms with Crippen molar-refractivity contribution in [1.29, 1.82) is 0 Å². The van der Waals surface area contributed by atoms with Gasteiger partial charge in [-0.15, -0.1) is 0 Å². The zero-order valence-corrected chi connectivity index (χ0v) is 13.3. The van der Waals surface area contributed by atoms with Gasteiger partial charge in [0.05, 0.1) is 6.04 Å². The minimum absolute atomic E-state index is 0.247. The number of carbonyl (C=O) groups is 1. The van der Waals surface area contributed by atoms with E-state index in [1.54, 1.807) is 23.5 Å². The molecule has 1 saturated heterocycles. The minimum Gasteiger partial charge on any atom is -0.322 e. The van der Waals surface area contributed by atoms with Crippen LogP contribution in [0.15, 0.2) is 47.8 Å². The quantitative estimate of drug-likeness (QED) is 0.841. The predicted octanol–water partition coefficient (Wildman–Crippen LogP) is 3.31. The number of likely N-dealkylation sites (tertiary alicyclic amines) is 1. The van der Waals surface area contributed by atoms with E-state index in [0.717, 1.165) is 11.6 Å². The Morgan fingerprint density at radius 1 is 1.12 bits per heavy atom. The number of halogens is 2. The number of nitrogens with zero attached hydrogens (tertiary/aromatic N) is 4. The number of pyridine rings is 1. The lowest BCUT2D eigenvalue weighted by atomic mass is 9.93. The molecule has 5 nitrogen and oxygen atoms in total. The third-order valence-corrected chi connectivity index (χ3v) is 4.60. The van der Waals surface area contributed by atoms with Gasteiger partial charge in [-0.05, 0) is 29.3 Å². The van der Waals surface area contributed by atoms with Crippen molar-refractivity contribution in [1.82, 2.24) is 14.9 Å². The highest BCUT2D eigenvalue weighted by atomic mass is 19.1. The maximum atomic E-state index is 13.5. The van der Waals surface area contributed by atoms with E-state index in [-0.39, 0.29) is 11.9 Å². The topological polar surface area (TPSA) is 48.8 Å². The first kappa shape index (κ1) is 15.7. The molecule has 0 N–H and O–H groups in total. The van der Waals surface area contributed by atoms with E-state index in [9.17, 15) is 13.6 Å². The number of benzene rings is 1. The van der Waals surface area contributed by atoms with Crippen LogP contribution in [0, 0.1) is 11.6 Å². The van der Waals surface area contributed by atoms with Crippen LogP contribution in [0.25, 0.3) is 0 Å². The Morgan fingerprint density at radius 3 is 2.56 bits per heavy atom. The third-order valence-electron chi connectivity index (χ3n) is 4.60. The second kappa shape index (κ2) is 6.23. The van der Waals surface area contributed by atoms with Crippen LogP contribution < -0.4 is 0 Å². The minimum atomic E-state index is -0.658. The molecule has 0 unspecified atom stereocenters. The van der Waals surface area contributed by atoms with Crippen LogP contribution in [0.3, 0.4) is 0 Å². The van der Waals surface area contributed by atoms with E-state index < -0.39 is 17.7 Å². The van der Waals surface area contributed by atoms with E-state index in [0.29, 0.717) is 25.1 Å². The van der Waals surface area contributed by atoms with Gasteiger partial charge in [-0.1, -0.05) is 6.07 Å². The lowest BCUT2D eigenvalue weighted by Gasteiger charge is -2.41. The highest BCUT2D eigenvalue weighted by Gasteiger charge is 2.38. The highest BCUT2D eigenvalue weighted by Crippen LogP contribution is 2.33. The Hall–Kier alpha value is -2.83. The summed E-state index contributed by atoms with van der Waals surface area (Å²) in [5.74, 6) is -1.06. The van der Waals surface area contributed by atoms with Crippen LogP contribution in [0.2, 0.25) is 0 Å². The maximum Gasteiger partial charge on any atom is 0.341 e. The zero-order valence-electron chi connectivity index (χ0n) is 13.3. The normalized spacial score (nSPS) is 20.0. The summed E-state index contributed by atoms with van der Waals surface area (Å²) in [6.07, 6.45) is 5.56. The van der Waals surface area contributed by atoms with Crippen molar-refractivity contribution >= 4 is 12.2 Å². The maximum absolute atomic E-state index is 13.5. The molecule has 0 spiro atoms. The molecule has 0 aliphatic carbocycles. The molecular formula is C18H16F2N4O. The molecule has 4 rings (SSSR count). The first-order valence-electron chi connectivity index (χ1n) is 8.08.